The molecule has 0 aliphatic rings. The average molecular weight is 495 g/mol. The van der Waals surface area contributed by atoms with Gasteiger partial charge in [0.2, 0.25) is 0 Å². The molecule has 1 heterocycles. The van der Waals surface area contributed by atoms with E-state index in [1.54, 1.807) is 25.1 Å². The van der Waals surface area contributed by atoms with Crippen LogP contribution in [-0.4, -0.2) is 35.4 Å². The second-order valence-corrected chi connectivity index (χ2v) is 7.53. The van der Waals surface area contributed by atoms with E-state index in [2.05, 4.69) is 10.4 Å². The first-order valence-corrected chi connectivity index (χ1v) is 10.8. The van der Waals surface area contributed by atoms with Crippen molar-refractivity contribution in [2.75, 3.05) is 19.0 Å². The predicted octanol–water partition coefficient (Wildman–Crippen LogP) is 5.39. The van der Waals surface area contributed by atoms with Crippen LogP contribution in [0.4, 0.5) is 18.9 Å². The van der Waals surface area contributed by atoms with Gasteiger partial charge in [-0.3, -0.25) is 4.79 Å². The summed E-state index contributed by atoms with van der Waals surface area (Å²) in [6, 6.07) is 15.2. The number of hydrogen-bond acceptors (Lipinski definition) is 5. The number of methoxy groups -OCH3 is 1. The van der Waals surface area contributed by atoms with Crippen LogP contribution in [0.25, 0.3) is 16.9 Å². The average Bonchev–Trinajstić information content (AvgIpc) is 3.30. The first-order chi connectivity index (χ1) is 17.3. The SMILES string of the molecule is CCOC(=O)c1cc(-c2cccc(NC(=O)c3c(F)cc(OC)cc3F)c2)n(-c2cccc(F)c2)n1. The number of benzene rings is 3. The van der Waals surface area contributed by atoms with E-state index in [9.17, 15) is 22.8 Å². The summed E-state index contributed by atoms with van der Waals surface area (Å²) < 4.78 is 53.8. The summed E-state index contributed by atoms with van der Waals surface area (Å²) in [5, 5.41) is 6.74. The predicted molar refractivity (Wildman–Crippen MR) is 126 cm³/mol. The second-order valence-electron chi connectivity index (χ2n) is 7.53. The minimum Gasteiger partial charge on any atom is -0.497 e. The smallest absolute Gasteiger partial charge is 0.358 e. The normalized spacial score (nSPS) is 10.7. The van der Waals surface area contributed by atoms with Crippen molar-refractivity contribution in [3.05, 3.63) is 95.4 Å². The topological polar surface area (TPSA) is 82.5 Å². The van der Waals surface area contributed by atoms with Gasteiger partial charge in [0.05, 0.1) is 25.1 Å². The minimum atomic E-state index is -1.08. The Morgan fingerprint density at radius 3 is 2.36 bits per heavy atom. The molecule has 7 nitrogen and oxygen atoms in total. The van der Waals surface area contributed by atoms with E-state index in [0.717, 1.165) is 12.1 Å². The summed E-state index contributed by atoms with van der Waals surface area (Å²) in [5.74, 6) is -4.39. The Bertz CT molecular complexity index is 1430. The van der Waals surface area contributed by atoms with Gasteiger partial charge in [-0.25, -0.2) is 22.6 Å². The fourth-order valence-electron chi connectivity index (χ4n) is 3.53. The summed E-state index contributed by atoms with van der Waals surface area (Å²) >= 11 is 0. The van der Waals surface area contributed by atoms with E-state index in [-0.39, 0.29) is 23.7 Å². The molecule has 0 saturated carbocycles. The molecule has 36 heavy (non-hydrogen) atoms. The molecule has 0 spiro atoms. The third-order valence-electron chi connectivity index (χ3n) is 5.14. The van der Waals surface area contributed by atoms with Crippen LogP contribution in [0.5, 0.6) is 5.75 Å². The Labute approximate surface area is 204 Å². The van der Waals surface area contributed by atoms with Gasteiger partial charge in [0.1, 0.15) is 28.8 Å². The largest absolute Gasteiger partial charge is 0.497 e. The van der Waals surface area contributed by atoms with Crippen molar-refractivity contribution in [2.24, 2.45) is 0 Å². The molecule has 184 valence electrons. The first-order valence-electron chi connectivity index (χ1n) is 10.8. The molecule has 3 aromatic carbocycles. The van der Waals surface area contributed by atoms with E-state index < -0.39 is 34.9 Å². The third-order valence-corrected chi connectivity index (χ3v) is 5.14. The van der Waals surface area contributed by atoms with Gasteiger partial charge in [0, 0.05) is 23.4 Å². The molecule has 0 aliphatic heterocycles. The molecule has 4 rings (SSSR count). The quantitative estimate of drug-likeness (QED) is 0.348. The van der Waals surface area contributed by atoms with Crippen LogP contribution in [0, 0.1) is 17.5 Å². The first kappa shape index (κ1) is 24.5. The summed E-state index contributed by atoms with van der Waals surface area (Å²) in [6.45, 7) is 1.80. The van der Waals surface area contributed by atoms with Crippen LogP contribution in [0.1, 0.15) is 27.8 Å². The van der Waals surface area contributed by atoms with E-state index in [4.69, 9.17) is 9.47 Å². The number of nitrogens with one attached hydrogen (secondary N) is 1. The lowest BCUT2D eigenvalue weighted by molar-refractivity contribution is 0.0518. The van der Waals surface area contributed by atoms with E-state index in [1.165, 1.54) is 48.2 Å². The lowest BCUT2D eigenvalue weighted by Crippen LogP contribution is -2.16. The maximum atomic E-state index is 14.3. The van der Waals surface area contributed by atoms with E-state index >= 15 is 0 Å². The van der Waals surface area contributed by atoms with Crippen molar-refractivity contribution in [1.82, 2.24) is 9.78 Å². The number of ether oxygens (including phenoxy) is 2. The Morgan fingerprint density at radius 2 is 1.69 bits per heavy atom. The Morgan fingerprint density at radius 1 is 0.972 bits per heavy atom. The highest BCUT2D eigenvalue weighted by molar-refractivity contribution is 6.05. The van der Waals surface area contributed by atoms with Gasteiger partial charge in [-0.15, -0.1) is 0 Å². The summed E-state index contributed by atoms with van der Waals surface area (Å²) in [5.41, 5.74) is 0.662. The van der Waals surface area contributed by atoms with Crippen LogP contribution < -0.4 is 10.1 Å². The number of hydrogen-bond donors (Lipinski definition) is 1. The van der Waals surface area contributed by atoms with Crippen molar-refractivity contribution in [3.8, 4) is 22.7 Å². The number of anilines is 1. The number of carbonyl (C=O) groups excluding carboxylic acids is 2. The van der Waals surface area contributed by atoms with Crippen molar-refractivity contribution in [2.45, 2.75) is 6.92 Å². The molecule has 0 unspecified atom stereocenters. The Kier molecular flexibility index (Phi) is 7.05. The van der Waals surface area contributed by atoms with Gasteiger partial charge >= 0.3 is 5.97 Å². The molecular formula is C26H20F3N3O4. The van der Waals surface area contributed by atoms with Gasteiger partial charge in [0.25, 0.3) is 5.91 Å². The van der Waals surface area contributed by atoms with Gasteiger partial charge in [-0.05, 0) is 43.3 Å². The van der Waals surface area contributed by atoms with Gasteiger partial charge in [0.15, 0.2) is 5.69 Å². The molecule has 0 bridgehead atoms. The van der Waals surface area contributed by atoms with Crippen LogP contribution in [0.2, 0.25) is 0 Å². The van der Waals surface area contributed by atoms with Crippen LogP contribution in [0.3, 0.4) is 0 Å². The van der Waals surface area contributed by atoms with Crippen LogP contribution in [-0.2, 0) is 4.74 Å². The standard InChI is InChI=1S/C26H20F3N3O4/c1-3-36-26(34)22-14-23(32(31-22)18-9-5-7-16(27)11-18)15-6-4-8-17(10-15)30-25(33)24-20(28)12-19(35-2)13-21(24)29/h4-14H,3H2,1-2H3,(H,30,33). The number of esters is 1. The number of halogens is 3. The van der Waals surface area contributed by atoms with Gasteiger partial charge in [-0.2, -0.15) is 5.10 Å². The molecule has 1 aromatic heterocycles. The number of amides is 1. The van der Waals surface area contributed by atoms with Crippen molar-refractivity contribution < 1.29 is 32.2 Å². The van der Waals surface area contributed by atoms with Crippen molar-refractivity contribution >= 4 is 17.6 Å². The lowest BCUT2D eigenvalue weighted by atomic mass is 10.1. The fourth-order valence-corrected chi connectivity index (χ4v) is 3.53. The lowest BCUT2D eigenvalue weighted by Gasteiger charge is -2.11. The maximum Gasteiger partial charge on any atom is 0.358 e. The summed E-state index contributed by atoms with van der Waals surface area (Å²) in [7, 11) is 1.25. The number of rotatable bonds is 7. The summed E-state index contributed by atoms with van der Waals surface area (Å²) in [6.07, 6.45) is 0. The zero-order valence-corrected chi connectivity index (χ0v) is 19.2. The van der Waals surface area contributed by atoms with Crippen molar-refractivity contribution in [1.29, 1.82) is 0 Å². The number of nitrogens with zero attached hydrogens (tertiary/aromatic N) is 2. The molecular weight excluding hydrogens is 475 g/mol. The molecule has 0 fully saturated rings. The molecule has 0 aliphatic carbocycles. The Balaban J connectivity index is 1.72. The zero-order chi connectivity index (χ0) is 25.8. The number of aromatic nitrogens is 2. The highest BCUT2D eigenvalue weighted by Crippen LogP contribution is 2.28. The molecule has 1 amide bonds. The highest BCUT2D eigenvalue weighted by Gasteiger charge is 2.21. The number of carbonyl (C=O) groups is 2. The zero-order valence-electron chi connectivity index (χ0n) is 19.2. The third kappa shape index (κ3) is 5.07. The van der Waals surface area contributed by atoms with Gasteiger partial charge < -0.3 is 14.8 Å². The monoisotopic (exact) mass is 495 g/mol. The van der Waals surface area contributed by atoms with E-state index in [1.807, 2.05) is 0 Å². The molecule has 0 atom stereocenters. The molecule has 0 saturated heterocycles. The molecule has 1 N–H and O–H groups in total. The van der Waals surface area contributed by atoms with Crippen molar-refractivity contribution in [3.63, 3.8) is 0 Å². The second kappa shape index (κ2) is 10.3. The Hall–Kier alpha value is -4.60. The summed E-state index contributed by atoms with van der Waals surface area (Å²) in [4.78, 5) is 25.0. The fraction of sp³-hybridized carbons (Fsp3) is 0.115. The minimum absolute atomic E-state index is 0.00655. The molecule has 10 heteroatoms. The van der Waals surface area contributed by atoms with E-state index in [0.29, 0.717) is 16.9 Å². The maximum absolute atomic E-state index is 14.3. The van der Waals surface area contributed by atoms with Crippen LogP contribution in [0.15, 0.2) is 66.7 Å². The highest BCUT2D eigenvalue weighted by atomic mass is 19.1. The van der Waals surface area contributed by atoms with Gasteiger partial charge in [-0.1, -0.05) is 18.2 Å². The molecule has 0 radical (unpaired) electrons. The molecule has 4 aromatic rings. The van der Waals surface area contributed by atoms with Crippen LogP contribution >= 0.6 is 0 Å².